The van der Waals surface area contributed by atoms with Gasteiger partial charge in [-0.3, -0.25) is 4.79 Å². The molecule has 7 nitrogen and oxygen atoms in total. The molecule has 1 heterocycles. The van der Waals surface area contributed by atoms with Crippen LogP contribution in [0.2, 0.25) is 0 Å². The molecule has 2 aromatic carbocycles. The second-order valence-corrected chi connectivity index (χ2v) is 6.62. The Bertz CT molecular complexity index is 1030. The van der Waals surface area contributed by atoms with Crippen molar-refractivity contribution in [1.29, 1.82) is 0 Å². The summed E-state index contributed by atoms with van der Waals surface area (Å²) in [5.74, 6) is -1.44. The van der Waals surface area contributed by atoms with Crippen molar-refractivity contribution < 1.29 is 18.7 Å². The molecule has 144 valence electrons. The van der Waals surface area contributed by atoms with Crippen molar-refractivity contribution in [2.45, 2.75) is 6.92 Å². The molecule has 0 saturated heterocycles. The van der Waals surface area contributed by atoms with E-state index in [1.807, 2.05) is 0 Å². The third-order valence-corrected chi connectivity index (χ3v) is 4.35. The fourth-order valence-corrected chi connectivity index (χ4v) is 2.80. The van der Waals surface area contributed by atoms with E-state index in [0.29, 0.717) is 15.7 Å². The summed E-state index contributed by atoms with van der Waals surface area (Å²) in [6, 6.07) is 10.7. The number of carbonyl (C=O) groups is 2. The van der Waals surface area contributed by atoms with Crippen LogP contribution in [0.15, 0.2) is 53.1 Å². The van der Waals surface area contributed by atoms with E-state index in [9.17, 15) is 14.0 Å². The summed E-state index contributed by atoms with van der Waals surface area (Å²) in [5.41, 5.74) is 7.08. The van der Waals surface area contributed by atoms with Crippen LogP contribution in [0.25, 0.3) is 5.69 Å². The molecule has 3 aromatic rings. The molecule has 0 spiro atoms. The molecule has 0 radical (unpaired) electrons. The minimum Gasteiger partial charge on any atom is -0.462 e. The molecule has 0 bridgehead atoms. The summed E-state index contributed by atoms with van der Waals surface area (Å²) in [6.07, 6.45) is 1.32. The van der Waals surface area contributed by atoms with Gasteiger partial charge in [0.2, 0.25) is 0 Å². The Morgan fingerprint density at radius 3 is 2.61 bits per heavy atom. The van der Waals surface area contributed by atoms with E-state index in [-0.39, 0.29) is 23.7 Å². The van der Waals surface area contributed by atoms with E-state index in [2.05, 4.69) is 26.3 Å². The summed E-state index contributed by atoms with van der Waals surface area (Å²) < 4.78 is 20.7. The van der Waals surface area contributed by atoms with Gasteiger partial charge < -0.3 is 15.8 Å². The molecule has 0 aliphatic carbocycles. The van der Waals surface area contributed by atoms with Gasteiger partial charge in [0.15, 0.2) is 0 Å². The second-order valence-electron chi connectivity index (χ2n) is 5.70. The number of hydrogen-bond acceptors (Lipinski definition) is 5. The van der Waals surface area contributed by atoms with E-state index in [4.69, 9.17) is 10.5 Å². The Balaban J connectivity index is 1.78. The van der Waals surface area contributed by atoms with Crippen molar-refractivity contribution in [3.8, 4) is 5.69 Å². The first-order chi connectivity index (χ1) is 13.4. The normalized spacial score (nSPS) is 10.5. The number of nitrogens with one attached hydrogen (secondary N) is 1. The first-order valence-corrected chi connectivity index (χ1v) is 9.07. The van der Waals surface area contributed by atoms with Crippen LogP contribution >= 0.6 is 15.9 Å². The van der Waals surface area contributed by atoms with Crippen LogP contribution in [-0.4, -0.2) is 28.3 Å². The standard InChI is InChI=1S/C19H16BrFN4O3/c1-2-28-19(27)14-10-23-25(17(14)22)13-6-3-11(4-7-13)18(26)24-16-8-5-12(20)9-15(16)21/h3-10H,2,22H2,1H3,(H,24,26). The number of amides is 1. The predicted octanol–water partition coefficient (Wildman–Crippen LogP) is 3.79. The fourth-order valence-electron chi connectivity index (χ4n) is 2.47. The molecular weight excluding hydrogens is 431 g/mol. The number of aromatic nitrogens is 2. The number of ether oxygens (including phenoxy) is 1. The van der Waals surface area contributed by atoms with Gasteiger partial charge >= 0.3 is 5.97 Å². The van der Waals surface area contributed by atoms with Crippen LogP contribution in [0.1, 0.15) is 27.6 Å². The van der Waals surface area contributed by atoms with Crippen molar-refractivity contribution in [1.82, 2.24) is 9.78 Å². The summed E-state index contributed by atoms with van der Waals surface area (Å²) >= 11 is 3.16. The number of nitrogens with zero attached hydrogens (tertiary/aromatic N) is 2. The van der Waals surface area contributed by atoms with Gasteiger partial charge in [-0.25, -0.2) is 13.9 Å². The van der Waals surface area contributed by atoms with E-state index in [0.717, 1.165) is 0 Å². The molecular formula is C19H16BrFN4O3. The predicted molar refractivity (Wildman–Crippen MR) is 106 cm³/mol. The number of esters is 1. The number of rotatable bonds is 5. The van der Waals surface area contributed by atoms with Crippen LogP contribution in [0, 0.1) is 5.82 Å². The first-order valence-electron chi connectivity index (χ1n) is 8.28. The van der Waals surface area contributed by atoms with Crippen LogP contribution in [-0.2, 0) is 4.74 Å². The van der Waals surface area contributed by atoms with E-state index in [1.54, 1.807) is 37.3 Å². The average molecular weight is 447 g/mol. The van der Waals surface area contributed by atoms with E-state index >= 15 is 0 Å². The van der Waals surface area contributed by atoms with E-state index < -0.39 is 17.7 Å². The zero-order valence-electron chi connectivity index (χ0n) is 14.8. The lowest BCUT2D eigenvalue weighted by atomic mass is 10.2. The third-order valence-electron chi connectivity index (χ3n) is 3.86. The molecule has 0 unspecified atom stereocenters. The minimum absolute atomic E-state index is 0.0766. The van der Waals surface area contributed by atoms with Gasteiger partial charge in [-0.15, -0.1) is 0 Å². The van der Waals surface area contributed by atoms with Crippen LogP contribution in [0.5, 0.6) is 0 Å². The number of halogens is 2. The Kier molecular flexibility index (Phi) is 5.74. The number of nitrogen functional groups attached to an aromatic ring is 1. The molecule has 0 aliphatic heterocycles. The monoisotopic (exact) mass is 446 g/mol. The molecule has 3 rings (SSSR count). The number of nitrogens with two attached hydrogens (primary N) is 1. The van der Waals surface area contributed by atoms with Crippen LogP contribution in [0.4, 0.5) is 15.9 Å². The second kappa shape index (κ2) is 8.22. The Morgan fingerprint density at radius 2 is 1.96 bits per heavy atom. The molecule has 0 atom stereocenters. The van der Waals surface area contributed by atoms with Crippen LogP contribution in [0.3, 0.4) is 0 Å². The summed E-state index contributed by atoms with van der Waals surface area (Å²) in [5, 5.41) is 6.60. The maximum Gasteiger partial charge on any atom is 0.343 e. The Hall–Kier alpha value is -3.20. The minimum atomic E-state index is -0.557. The van der Waals surface area contributed by atoms with Crippen molar-refractivity contribution >= 4 is 39.3 Å². The quantitative estimate of drug-likeness (QED) is 0.580. The Morgan fingerprint density at radius 1 is 1.25 bits per heavy atom. The lowest BCUT2D eigenvalue weighted by Crippen LogP contribution is -2.13. The van der Waals surface area contributed by atoms with Gasteiger partial charge in [-0.1, -0.05) is 15.9 Å². The fraction of sp³-hybridized carbons (Fsp3) is 0.105. The average Bonchev–Trinajstić information content (AvgIpc) is 3.06. The molecule has 28 heavy (non-hydrogen) atoms. The zero-order chi connectivity index (χ0) is 20.3. The number of carbonyl (C=O) groups excluding carboxylic acids is 2. The Labute approximate surface area is 168 Å². The third kappa shape index (κ3) is 4.04. The maximum absolute atomic E-state index is 13.9. The molecule has 0 saturated carbocycles. The highest BCUT2D eigenvalue weighted by Crippen LogP contribution is 2.21. The molecule has 0 aliphatic rings. The first kappa shape index (κ1) is 19.6. The highest BCUT2D eigenvalue weighted by molar-refractivity contribution is 9.10. The van der Waals surface area contributed by atoms with Crippen molar-refractivity contribution in [3.63, 3.8) is 0 Å². The zero-order valence-corrected chi connectivity index (χ0v) is 16.4. The highest BCUT2D eigenvalue weighted by Gasteiger charge is 2.17. The van der Waals surface area contributed by atoms with Gasteiger partial charge in [-0.05, 0) is 49.4 Å². The molecule has 1 amide bonds. The molecule has 3 N–H and O–H groups in total. The summed E-state index contributed by atoms with van der Waals surface area (Å²) in [4.78, 5) is 24.2. The van der Waals surface area contributed by atoms with E-state index in [1.165, 1.54) is 23.0 Å². The molecule has 1 aromatic heterocycles. The lowest BCUT2D eigenvalue weighted by molar-refractivity contribution is 0.0527. The largest absolute Gasteiger partial charge is 0.462 e. The SMILES string of the molecule is CCOC(=O)c1cnn(-c2ccc(C(=O)Nc3ccc(Br)cc3F)cc2)c1N. The van der Waals surface area contributed by atoms with Crippen molar-refractivity contribution in [2.75, 3.05) is 17.7 Å². The maximum atomic E-state index is 13.9. The smallest absolute Gasteiger partial charge is 0.343 e. The van der Waals surface area contributed by atoms with Crippen molar-refractivity contribution in [2.24, 2.45) is 0 Å². The van der Waals surface area contributed by atoms with Gasteiger partial charge in [0.1, 0.15) is 17.2 Å². The van der Waals surface area contributed by atoms with Gasteiger partial charge in [0.05, 0.1) is 24.2 Å². The highest BCUT2D eigenvalue weighted by atomic mass is 79.9. The van der Waals surface area contributed by atoms with Gasteiger partial charge in [0, 0.05) is 10.0 Å². The number of anilines is 2. The van der Waals surface area contributed by atoms with Gasteiger partial charge in [0.25, 0.3) is 5.91 Å². The van der Waals surface area contributed by atoms with Gasteiger partial charge in [-0.2, -0.15) is 5.10 Å². The van der Waals surface area contributed by atoms with Crippen molar-refractivity contribution in [3.05, 3.63) is 70.1 Å². The number of benzene rings is 2. The summed E-state index contributed by atoms with van der Waals surface area (Å²) in [6.45, 7) is 1.93. The summed E-state index contributed by atoms with van der Waals surface area (Å²) in [7, 11) is 0. The topological polar surface area (TPSA) is 99.2 Å². The number of hydrogen-bond donors (Lipinski definition) is 2. The molecule has 0 fully saturated rings. The molecule has 9 heteroatoms. The van der Waals surface area contributed by atoms with Crippen LogP contribution < -0.4 is 11.1 Å². The lowest BCUT2D eigenvalue weighted by Gasteiger charge is -2.09.